The Kier molecular flexibility index (Phi) is 5.82. The van der Waals surface area contributed by atoms with E-state index >= 15 is 0 Å². The van der Waals surface area contributed by atoms with E-state index in [4.69, 9.17) is 4.42 Å². The lowest BCUT2D eigenvalue weighted by atomic mass is 10.1. The second-order valence-electron chi connectivity index (χ2n) is 6.57. The van der Waals surface area contributed by atoms with Crippen molar-refractivity contribution in [1.82, 2.24) is 25.3 Å². The molecule has 1 aliphatic rings. The molecule has 0 saturated carbocycles. The second-order valence-corrected chi connectivity index (χ2v) is 6.57. The Morgan fingerprint density at radius 2 is 2.00 bits per heavy atom. The molecule has 0 spiro atoms. The zero-order chi connectivity index (χ0) is 18.5. The van der Waals surface area contributed by atoms with Crippen LogP contribution in [-0.4, -0.2) is 52.7 Å². The summed E-state index contributed by atoms with van der Waals surface area (Å²) in [5.41, 5.74) is 1.00. The highest BCUT2D eigenvalue weighted by molar-refractivity contribution is 5.73. The largest absolute Gasteiger partial charge is 0.424 e. The van der Waals surface area contributed by atoms with Gasteiger partial charge in [0.15, 0.2) is 0 Å². The SMILES string of the molecule is Cc1nnc(CN(C)C(=O)NC[C@@H](c2ccc(F)cc2)N2CCCC2)o1. The summed E-state index contributed by atoms with van der Waals surface area (Å²) in [6, 6.07) is 6.31. The molecule has 2 amide bonds. The van der Waals surface area contributed by atoms with E-state index in [1.54, 1.807) is 26.1 Å². The maximum atomic E-state index is 13.2. The van der Waals surface area contributed by atoms with Gasteiger partial charge in [0.2, 0.25) is 11.8 Å². The summed E-state index contributed by atoms with van der Waals surface area (Å²) in [6.45, 7) is 4.37. The summed E-state index contributed by atoms with van der Waals surface area (Å²) in [6.07, 6.45) is 2.28. The highest BCUT2D eigenvalue weighted by atomic mass is 19.1. The van der Waals surface area contributed by atoms with E-state index < -0.39 is 0 Å². The maximum absolute atomic E-state index is 13.2. The molecule has 1 aromatic carbocycles. The van der Waals surface area contributed by atoms with Crippen LogP contribution in [0.25, 0.3) is 0 Å². The van der Waals surface area contributed by atoms with Crippen molar-refractivity contribution in [1.29, 1.82) is 0 Å². The van der Waals surface area contributed by atoms with Crippen molar-refractivity contribution in [2.75, 3.05) is 26.7 Å². The van der Waals surface area contributed by atoms with E-state index in [1.165, 1.54) is 17.0 Å². The van der Waals surface area contributed by atoms with E-state index in [0.717, 1.165) is 31.5 Å². The standard InChI is InChI=1S/C18H24FN5O2/c1-13-21-22-17(26-13)12-23(2)18(25)20-11-16(24-9-3-4-10-24)14-5-7-15(19)8-6-14/h5-8,16H,3-4,9-12H2,1-2H3,(H,20,25)/t16-/m0/s1. The fraction of sp³-hybridized carbons (Fsp3) is 0.500. The minimum atomic E-state index is -0.257. The topological polar surface area (TPSA) is 74.5 Å². The van der Waals surface area contributed by atoms with Gasteiger partial charge >= 0.3 is 6.03 Å². The number of rotatable bonds is 6. The molecule has 8 heteroatoms. The third kappa shape index (κ3) is 4.57. The molecule has 0 unspecified atom stereocenters. The summed E-state index contributed by atoms with van der Waals surface area (Å²) in [5, 5.41) is 10.6. The molecular weight excluding hydrogens is 337 g/mol. The van der Waals surface area contributed by atoms with Gasteiger partial charge in [0.1, 0.15) is 12.4 Å². The Morgan fingerprint density at radius 1 is 1.31 bits per heavy atom. The first kappa shape index (κ1) is 18.3. The number of halogens is 1. The average molecular weight is 361 g/mol. The Morgan fingerprint density at radius 3 is 2.62 bits per heavy atom. The fourth-order valence-electron chi connectivity index (χ4n) is 3.19. The van der Waals surface area contributed by atoms with Crippen molar-refractivity contribution in [3.8, 4) is 0 Å². The molecular formula is C18H24FN5O2. The minimum absolute atomic E-state index is 0.0288. The van der Waals surface area contributed by atoms with Crippen LogP contribution in [0.5, 0.6) is 0 Å². The van der Waals surface area contributed by atoms with Gasteiger partial charge in [0, 0.05) is 20.5 Å². The van der Waals surface area contributed by atoms with Crippen LogP contribution in [0.3, 0.4) is 0 Å². The van der Waals surface area contributed by atoms with Gasteiger partial charge in [-0.3, -0.25) is 4.90 Å². The molecule has 0 aliphatic carbocycles. The Balaban J connectivity index is 1.61. The fourth-order valence-corrected chi connectivity index (χ4v) is 3.19. The number of urea groups is 1. The number of nitrogens with zero attached hydrogens (tertiary/aromatic N) is 4. The number of carbonyl (C=O) groups is 1. The highest BCUT2D eigenvalue weighted by Gasteiger charge is 2.24. The zero-order valence-electron chi connectivity index (χ0n) is 15.1. The van der Waals surface area contributed by atoms with Gasteiger partial charge in [0.25, 0.3) is 0 Å². The van der Waals surface area contributed by atoms with Crippen molar-refractivity contribution in [3.63, 3.8) is 0 Å². The highest BCUT2D eigenvalue weighted by Crippen LogP contribution is 2.24. The summed E-state index contributed by atoms with van der Waals surface area (Å²) in [5.74, 6) is 0.613. The molecule has 2 aromatic rings. The van der Waals surface area contributed by atoms with Crippen LogP contribution in [0, 0.1) is 12.7 Å². The molecule has 2 heterocycles. The normalized spacial score (nSPS) is 15.8. The van der Waals surface area contributed by atoms with Crippen LogP contribution in [-0.2, 0) is 6.54 Å². The third-order valence-corrected chi connectivity index (χ3v) is 4.57. The van der Waals surface area contributed by atoms with Crippen LogP contribution < -0.4 is 5.32 Å². The molecule has 7 nitrogen and oxygen atoms in total. The maximum Gasteiger partial charge on any atom is 0.317 e. The van der Waals surface area contributed by atoms with E-state index in [0.29, 0.717) is 18.3 Å². The van der Waals surface area contributed by atoms with E-state index in [9.17, 15) is 9.18 Å². The Bertz CT molecular complexity index is 727. The van der Waals surface area contributed by atoms with Crippen molar-refractivity contribution in [3.05, 3.63) is 47.4 Å². The zero-order valence-corrected chi connectivity index (χ0v) is 15.1. The van der Waals surface area contributed by atoms with Crippen LogP contribution in [0.1, 0.15) is 36.2 Å². The molecule has 1 N–H and O–H groups in total. The quantitative estimate of drug-likeness (QED) is 0.856. The predicted molar refractivity (Wildman–Crippen MR) is 93.8 cm³/mol. The monoisotopic (exact) mass is 361 g/mol. The van der Waals surface area contributed by atoms with Gasteiger partial charge < -0.3 is 14.6 Å². The molecule has 1 saturated heterocycles. The summed E-state index contributed by atoms with van der Waals surface area (Å²) in [7, 11) is 1.68. The number of amides is 2. The molecule has 1 atom stereocenters. The summed E-state index contributed by atoms with van der Waals surface area (Å²) >= 11 is 0. The average Bonchev–Trinajstić information content (AvgIpc) is 3.28. The summed E-state index contributed by atoms with van der Waals surface area (Å²) < 4.78 is 18.6. The smallest absolute Gasteiger partial charge is 0.317 e. The Hall–Kier alpha value is -2.48. The van der Waals surface area contributed by atoms with Crippen molar-refractivity contribution in [2.45, 2.75) is 32.4 Å². The van der Waals surface area contributed by atoms with Crippen LogP contribution >= 0.6 is 0 Å². The van der Waals surface area contributed by atoms with Gasteiger partial charge in [-0.05, 0) is 43.6 Å². The number of hydrogen-bond acceptors (Lipinski definition) is 5. The number of nitrogens with one attached hydrogen (secondary N) is 1. The van der Waals surface area contributed by atoms with Gasteiger partial charge in [-0.15, -0.1) is 10.2 Å². The lowest BCUT2D eigenvalue weighted by Crippen LogP contribution is -2.42. The molecule has 0 radical (unpaired) electrons. The van der Waals surface area contributed by atoms with E-state index in [-0.39, 0.29) is 24.4 Å². The second kappa shape index (κ2) is 8.27. The van der Waals surface area contributed by atoms with Gasteiger partial charge in [-0.2, -0.15) is 0 Å². The lowest BCUT2D eigenvalue weighted by Gasteiger charge is -2.29. The van der Waals surface area contributed by atoms with Gasteiger partial charge in [-0.1, -0.05) is 12.1 Å². The number of likely N-dealkylation sites (tertiary alicyclic amines) is 1. The summed E-state index contributed by atoms with van der Waals surface area (Å²) in [4.78, 5) is 16.2. The first-order valence-electron chi connectivity index (χ1n) is 8.80. The lowest BCUT2D eigenvalue weighted by molar-refractivity contribution is 0.191. The molecule has 1 fully saturated rings. The Labute approximate surface area is 152 Å². The van der Waals surface area contributed by atoms with Crippen molar-refractivity contribution < 1.29 is 13.6 Å². The minimum Gasteiger partial charge on any atom is -0.424 e. The first-order valence-corrected chi connectivity index (χ1v) is 8.80. The number of aromatic nitrogens is 2. The number of aryl methyl sites for hydroxylation is 1. The predicted octanol–water partition coefficient (Wildman–Crippen LogP) is 2.50. The number of hydrogen-bond donors (Lipinski definition) is 1. The molecule has 1 aliphatic heterocycles. The van der Waals surface area contributed by atoms with E-state index in [1.807, 2.05) is 0 Å². The molecule has 26 heavy (non-hydrogen) atoms. The van der Waals surface area contributed by atoms with Gasteiger partial charge in [-0.25, -0.2) is 9.18 Å². The molecule has 0 bridgehead atoms. The molecule has 140 valence electrons. The number of benzene rings is 1. The first-order chi connectivity index (χ1) is 12.5. The molecule has 3 rings (SSSR count). The van der Waals surface area contributed by atoms with Crippen LogP contribution in [0.2, 0.25) is 0 Å². The van der Waals surface area contributed by atoms with Crippen molar-refractivity contribution in [2.24, 2.45) is 0 Å². The van der Waals surface area contributed by atoms with Gasteiger partial charge in [0.05, 0.1) is 6.04 Å². The van der Waals surface area contributed by atoms with Crippen LogP contribution in [0.4, 0.5) is 9.18 Å². The van der Waals surface area contributed by atoms with Crippen molar-refractivity contribution >= 4 is 6.03 Å². The van der Waals surface area contributed by atoms with E-state index in [2.05, 4.69) is 20.4 Å². The van der Waals surface area contributed by atoms with Crippen LogP contribution in [0.15, 0.2) is 28.7 Å². The molecule has 1 aromatic heterocycles. The number of carbonyl (C=O) groups excluding carboxylic acids is 1. The third-order valence-electron chi connectivity index (χ3n) is 4.57.